The van der Waals surface area contributed by atoms with Crippen LogP contribution in [0.5, 0.6) is 5.75 Å². The molecule has 1 aromatic carbocycles. The predicted molar refractivity (Wildman–Crippen MR) is 68.0 cm³/mol. The number of halogens is 1. The molecule has 0 unspecified atom stereocenters. The molecule has 0 aliphatic carbocycles. The Labute approximate surface area is 112 Å². The average Bonchev–Trinajstić information content (AvgIpc) is 2.37. The highest BCUT2D eigenvalue weighted by atomic mass is 79.9. The lowest BCUT2D eigenvalue weighted by Crippen LogP contribution is -2.07. The highest BCUT2D eigenvalue weighted by Crippen LogP contribution is 2.31. The van der Waals surface area contributed by atoms with E-state index in [9.17, 15) is 14.9 Å². The lowest BCUT2D eigenvalue weighted by molar-refractivity contribution is -0.385. The zero-order chi connectivity index (χ0) is 13.7. The maximum Gasteiger partial charge on any atom is 0.311 e. The molecule has 1 aromatic rings. The third kappa shape index (κ3) is 3.19. The molecule has 0 N–H and O–H groups in total. The summed E-state index contributed by atoms with van der Waals surface area (Å²) in [5.41, 5.74) is 1.18. The van der Waals surface area contributed by atoms with E-state index in [2.05, 4.69) is 20.7 Å². The molecule has 0 aliphatic heterocycles. The first-order chi connectivity index (χ1) is 8.53. The smallest absolute Gasteiger partial charge is 0.311 e. The first-order valence-corrected chi connectivity index (χ1v) is 6.12. The molecule has 6 nitrogen and oxygen atoms in total. The fourth-order valence-electron chi connectivity index (χ4n) is 1.48. The third-order valence-electron chi connectivity index (χ3n) is 2.40. The first kappa shape index (κ1) is 14.4. The van der Waals surface area contributed by atoms with E-state index in [0.717, 1.165) is 0 Å². The number of carbonyl (C=O) groups excluding carboxylic acids is 1. The molecule has 0 bridgehead atoms. The van der Waals surface area contributed by atoms with E-state index in [1.165, 1.54) is 26.4 Å². The van der Waals surface area contributed by atoms with Crippen molar-refractivity contribution in [2.45, 2.75) is 11.8 Å². The number of nitro groups is 1. The highest BCUT2D eigenvalue weighted by Gasteiger charge is 2.19. The van der Waals surface area contributed by atoms with Crippen molar-refractivity contribution >= 4 is 27.6 Å². The maximum atomic E-state index is 11.3. The Morgan fingerprint density at radius 3 is 2.50 bits per heavy atom. The molecule has 18 heavy (non-hydrogen) atoms. The van der Waals surface area contributed by atoms with Gasteiger partial charge in [0, 0.05) is 11.4 Å². The Balaban J connectivity index is 3.26. The lowest BCUT2D eigenvalue weighted by Gasteiger charge is -2.09. The molecule has 0 saturated carbocycles. The Hall–Kier alpha value is -1.63. The number of alkyl halides is 1. The van der Waals surface area contributed by atoms with E-state index < -0.39 is 10.9 Å². The van der Waals surface area contributed by atoms with Crippen LogP contribution in [0.1, 0.15) is 11.1 Å². The minimum absolute atomic E-state index is 0.0474. The number of rotatable bonds is 5. The van der Waals surface area contributed by atoms with Crippen LogP contribution in [0.4, 0.5) is 5.69 Å². The van der Waals surface area contributed by atoms with Crippen molar-refractivity contribution in [2.75, 3.05) is 14.2 Å². The first-order valence-electron chi connectivity index (χ1n) is 5.00. The summed E-state index contributed by atoms with van der Waals surface area (Å²) in [7, 11) is 2.64. The summed E-state index contributed by atoms with van der Waals surface area (Å²) >= 11 is 3.23. The van der Waals surface area contributed by atoms with Crippen molar-refractivity contribution in [3.63, 3.8) is 0 Å². The SMILES string of the molecule is COC(=O)Cc1cc(OC)c([N+](=O)[O-])cc1CBr. The minimum atomic E-state index is -0.521. The Kier molecular flexibility index (Phi) is 5.08. The molecule has 0 aromatic heterocycles. The van der Waals surface area contributed by atoms with Gasteiger partial charge in [-0.25, -0.2) is 0 Å². The molecule has 0 radical (unpaired) electrons. The summed E-state index contributed by atoms with van der Waals surface area (Å²) in [6.45, 7) is 0. The molecule has 98 valence electrons. The van der Waals surface area contributed by atoms with Crippen LogP contribution in [-0.2, 0) is 21.3 Å². The van der Waals surface area contributed by atoms with Crippen molar-refractivity contribution in [3.05, 3.63) is 33.4 Å². The molecule has 0 fully saturated rings. The van der Waals surface area contributed by atoms with Crippen LogP contribution in [-0.4, -0.2) is 25.1 Å². The van der Waals surface area contributed by atoms with Gasteiger partial charge in [0.25, 0.3) is 0 Å². The van der Waals surface area contributed by atoms with Gasteiger partial charge in [0.1, 0.15) is 0 Å². The zero-order valence-corrected chi connectivity index (χ0v) is 11.5. The van der Waals surface area contributed by atoms with Gasteiger partial charge in [0.05, 0.1) is 25.6 Å². The highest BCUT2D eigenvalue weighted by molar-refractivity contribution is 9.08. The van der Waals surface area contributed by atoms with E-state index in [0.29, 0.717) is 16.5 Å². The number of hydrogen-bond donors (Lipinski definition) is 0. The normalized spacial score (nSPS) is 9.94. The second-order valence-corrected chi connectivity index (χ2v) is 4.00. The predicted octanol–water partition coefficient (Wildman–Crippen LogP) is 2.21. The number of carbonyl (C=O) groups is 1. The van der Waals surface area contributed by atoms with Crippen LogP contribution in [0.3, 0.4) is 0 Å². The van der Waals surface area contributed by atoms with Gasteiger partial charge in [-0.15, -0.1) is 0 Å². The summed E-state index contributed by atoms with van der Waals surface area (Å²) in [6.07, 6.45) is 0.0474. The van der Waals surface area contributed by atoms with E-state index in [-0.39, 0.29) is 17.9 Å². The van der Waals surface area contributed by atoms with Gasteiger partial charge in [-0.2, -0.15) is 0 Å². The number of methoxy groups -OCH3 is 2. The van der Waals surface area contributed by atoms with Crippen LogP contribution in [0, 0.1) is 10.1 Å². The van der Waals surface area contributed by atoms with Gasteiger partial charge in [0.2, 0.25) is 0 Å². The molecule has 0 spiro atoms. The van der Waals surface area contributed by atoms with E-state index in [1.807, 2.05) is 0 Å². The quantitative estimate of drug-likeness (QED) is 0.360. The number of benzene rings is 1. The van der Waals surface area contributed by atoms with Gasteiger partial charge in [-0.3, -0.25) is 14.9 Å². The summed E-state index contributed by atoms with van der Waals surface area (Å²) in [6, 6.07) is 2.89. The second-order valence-electron chi connectivity index (χ2n) is 3.44. The number of hydrogen-bond acceptors (Lipinski definition) is 5. The van der Waals surface area contributed by atoms with E-state index in [4.69, 9.17) is 4.74 Å². The van der Waals surface area contributed by atoms with E-state index in [1.54, 1.807) is 0 Å². The number of nitro benzene ring substituents is 1. The van der Waals surface area contributed by atoms with Gasteiger partial charge in [-0.05, 0) is 17.2 Å². The molecular formula is C11H12BrNO5. The standard InChI is InChI=1S/C11H12BrNO5/c1-17-10-4-7(5-11(14)18-2)8(6-12)3-9(10)13(15)16/h3-4H,5-6H2,1-2H3. The van der Waals surface area contributed by atoms with Crippen LogP contribution in [0.15, 0.2) is 12.1 Å². The van der Waals surface area contributed by atoms with Gasteiger partial charge < -0.3 is 9.47 Å². The molecule has 7 heteroatoms. The van der Waals surface area contributed by atoms with Crippen molar-refractivity contribution in [1.29, 1.82) is 0 Å². The lowest BCUT2D eigenvalue weighted by atomic mass is 10.0. The Bertz CT molecular complexity index is 475. The molecule has 0 heterocycles. The van der Waals surface area contributed by atoms with Crippen LogP contribution >= 0.6 is 15.9 Å². The summed E-state index contributed by atoms with van der Waals surface area (Å²) in [5, 5.41) is 11.3. The molecule has 0 aliphatic rings. The van der Waals surface area contributed by atoms with Crippen molar-refractivity contribution in [3.8, 4) is 5.75 Å². The number of ether oxygens (including phenoxy) is 2. The minimum Gasteiger partial charge on any atom is -0.490 e. The topological polar surface area (TPSA) is 78.7 Å². The van der Waals surface area contributed by atoms with Crippen LogP contribution in [0.25, 0.3) is 0 Å². The number of nitrogens with zero attached hydrogens (tertiary/aromatic N) is 1. The summed E-state index contributed by atoms with van der Waals surface area (Å²) < 4.78 is 9.53. The fraction of sp³-hybridized carbons (Fsp3) is 0.364. The molecular weight excluding hydrogens is 306 g/mol. The van der Waals surface area contributed by atoms with Crippen molar-refractivity contribution < 1.29 is 19.2 Å². The van der Waals surface area contributed by atoms with Crippen LogP contribution in [0.2, 0.25) is 0 Å². The summed E-state index contributed by atoms with van der Waals surface area (Å²) in [4.78, 5) is 21.6. The number of esters is 1. The summed E-state index contributed by atoms with van der Waals surface area (Å²) in [5.74, 6) is -0.281. The second kappa shape index (κ2) is 6.34. The molecule has 1 rings (SSSR count). The van der Waals surface area contributed by atoms with Gasteiger partial charge in [-0.1, -0.05) is 15.9 Å². The molecule has 0 saturated heterocycles. The zero-order valence-electron chi connectivity index (χ0n) is 9.94. The fourth-order valence-corrected chi connectivity index (χ4v) is 2.00. The largest absolute Gasteiger partial charge is 0.490 e. The molecule has 0 atom stereocenters. The van der Waals surface area contributed by atoms with Gasteiger partial charge in [0.15, 0.2) is 5.75 Å². The average molecular weight is 318 g/mol. The van der Waals surface area contributed by atoms with E-state index >= 15 is 0 Å². The van der Waals surface area contributed by atoms with Crippen molar-refractivity contribution in [2.24, 2.45) is 0 Å². The molecule has 0 amide bonds. The van der Waals surface area contributed by atoms with Crippen LogP contribution < -0.4 is 4.74 Å². The van der Waals surface area contributed by atoms with Gasteiger partial charge >= 0.3 is 11.7 Å². The maximum absolute atomic E-state index is 11.3. The Morgan fingerprint density at radius 2 is 2.06 bits per heavy atom. The monoisotopic (exact) mass is 317 g/mol. The van der Waals surface area contributed by atoms with Crippen molar-refractivity contribution in [1.82, 2.24) is 0 Å². The third-order valence-corrected chi connectivity index (χ3v) is 3.01. The Morgan fingerprint density at radius 1 is 1.39 bits per heavy atom.